The molecule has 0 atom stereocenters. The lowest BCUT2D eigenvalue weighted by Gasteiger charge is -2.60. The van der Waals surface area contributed by atoms with Crippen molar-refractivity contribution in [3.8, 4) is 11.5 Å². The van der Waals surface area contributed by atoms with Crippen molar-refractivity contribution in [1.82, 2.24) is 20.0 Å². The van der Waals surface area contributed by atoms with Crippen LogP contribution in [0.5, 0.6) is 0 Å². The Morgan fingerprint density at radius 1 is 1.06 bits per heavy atom. The predicted molar refractivity (Wildman–Crippen MR) is 121 cm³/mol. The van der Waals surface area contributed by atoms with Gasteiger partial charge in [0.2, 0.25) is 5.89 Å². The number of alkyl halides is 2. The van der Waals surface area contributed by atoms with Gasteiger partial charge in [0.15, 0.2) is 5.11 Å². The first-order valence-electron chi connectivity index (χ1n) is 10.7. The van der Waals surface area contributed by atoms with E-state index in [2.05, 4.69) is 15.1 Å². The number of aromatic nitrogens is 2. The highest BCUT2D eigenvalue weighted by atomic mass is 32.1. The van der Waals surface area contributed by atoms with Crippen molar-refractivity contribution < 1.29 is 26.4 Å². The lowest BCUT2D eigenvalue weighted by molar-refractivity contribution is -0.0733. The Kier molecular flexibility index (Phi) is 5.96. The molecule has 2 fully saturated rings. The van der Waals surface area contributed by atoms with E-state index in [0.717, 1.165) is 31.3 Å². The maximum atomic E-state index is 15.1. The van der Waals surface area contributed by atoms with Crippen LogP contribution < -0.4 is 4.90 Å². The summed E-state index contributed by atoms with van der Waals surface area (Å²) >= 11 is 5.65. The molecule has 2 aromatic carbocycles. The van der Waals surface area contributed by atoms with Gasteiger partial charge in [0.05, 0.1) is 12.2 Å². The summed E-state index contributed by atoms with van der Waals surface area (Å²) in [6, 6.07) is 7.04. The standard InChI is InChI=1S/C23H20F5N5OS/c1-31-9-23(10-31)11-32(12-23)22(35)33(18-5-4-15(24)7-17(18)26)8-14-3-2-13(6-16(14)25)20-29-30-21(34-20)19(27)28/h2-7,19H,8-12H2,1H3. The van der Waals surface area contributed by atoms with Crippen molar-refractivity contribution in [1.29, 1.82) is 0 Å². The highest BCUT2D eigenvalue weighted by Crippen LogP contribution is 2.40. The van der Waals surface area contributed by atoms with Crippen LogP contribution in [0.3, 0.4) is 0 Å². The first-order valence-corrected chi connectivity index (χ1v) is 11.2. The van der Waals surface area contributed by atoms with Gasteiger partial charge in [-0.15, -0.1) is 10.2 Å². The molecule has 1 spiro atoms. The largest absolute Gasteiger partial charge is 0.415 e. The summed E-state index contributed by atoms with van der Waals surface area (Å²) in [4.78, 5) is 5.54. The van der Waals surface area contributed by atoms with E-state index in [1.807, 2.05) is 11.9 Å². The molecule has 184 valence electrons. The van der Waals surface area contributed by atoms with E-state index < -0.39 is 29.8 Å². The lowest BCUT2D eigenvalue weighted by Crippen LogP contribution is -2.73. The normalized spacial score (nSPS) is 16.9. The van der Waals surface area contributed by atoms with Crippen LogP contribution in [0.15, 0.2) is 40.8 Å². The van der Waals surface area contributed by atoms with E-state index >= 15 is 4.39 Å². The van der Waals surface area contributed by atoms with Gasteiger partial charge >= 0.3 is 6.43 Å². The topological polar surface area (TPSA) is 48.6 Å². The molecule has 1 aromatic heterocycles. The SMILES string of the molecule is CN1CC2(C1)CN(C(=S)N(Cc1ccc(-c3nnc(C(F)F)o3)cc1F)c1ccc(F)cc1F)C2. The molecular weight excluding hydrogens is 489 g/mol. The van der Waals surface area contributed by atoms with Crippen LogP contribution >= 0.6 is 12.2 Å². The number of benzene rings is 2. The number of nitrogens with zero attached hydrogens (tertiary/aromatic N) is 5. The summed E-state index contributed by atoms with van der Waals surface area (Å²) in [5.41, 5.74) is 0.448. The van der Waals surface area contributed by atoms with E-state index in [-0.39, 0.29) is 34.7 Å². The van der Waals surface area contributed by atoms with Crippen LogP contribution in [0.2, 0.25) is 0 Å². The third-order valence-corrected chi connectivity index (χ3v) is 6.70. The number of rotatable bonds is 5. The Hall–Kier alpha value is -3.12. The molecule has 6 nitrogen and oxygen atoms in total. The van der Waals surface area contributed by atoms with Gasteiger partial charge < -0.3 is 19.1 Å². The smallest absolute Gasteiger partial charge is 0.314 e. The minimum Gasteiger partial charge on any atom is -0.415 e. The monoisotopic (exact) mass is 509 g/mol. The molecule has 0 saturated carbocycles. The molecule has 0 N–H and O–H groups in total. The second-order valence-electron chi connectivity index (χ2n) is 9.05. The Labute approximate surface area is 202 Å². The highest BCUT2D eigenvalue weighted by Gasteiger charge is 2.51. The van der Waals surface area contributed by atoms with Gasteiger partial charge in [0, 0.05) is 48.8 Å². The third kappa shape index (κ3) is 4.47. The molecule has 3 heterocycles. The molecule has 0 unspecified atom stereocenters. The van der Waals surface area contributed by atoms with Gasteiger partial charge in [-0.1, -0.05) is 6.07 Å². The zero-order valence-electron chi connectivity index (χ0n) is 18.5. The Morgan fingerprint density at radius 3 is 2.40 bits per heavy atom. The molecule has 3 aromatic rings. The maximum Gasteiger partial charge on any atom is 0.314 e. The number of anilines is 1. The minimum absolute atomic E-state index is 0.0185. The number of likely N-dealkylation sites (tertiary alicyclic amines) is 2. The molecule has 2 aliphatic heterocycles. The van der Waals surface area contributed by atoms with Crippen LogP contribution in [-0.4, -0.2) is 58.3 Å². The van der Waals surface area contributed by atoms with Crippen molar-refractivity contribution in [2.45, 2.75) is 13.0 Å². The van der Waals surface area contributed by atoms with Crippen molar-refractivity contribution in [3.63, 3.8) is 0 Å². The van der Waals surface area contributed by atoms with Gasteiger partial charge in [-0.25, -0.2) is 13.2 Å². The molecular formula is C23H20F5N5OS. The Bertz CT molecular complexity index is 1270. The molecule has 5 rings (SSSR count). The fraction of sp³-hybridized carbons (Fsp3) is 0.348. The molecule has 0 bridgehead atoms. The average molecular weight is 510 g/mol. The molecule has 2 aliphatic rings. The molecule has 35 heavy (non-hydrogen) atoms. The van der Waals surface area contributed by atoms with Crippen LogP contribution in [0.25, 0.3) is 11.5 Å². The summed E-state index contributed by atoms with van der Waals surface area (Å²) in [5.74, 6) is -3.38. The Morgan fingerprint density at radius 2 is 1.80 bits per heavy atom. The van der Waals surface area contributed by atoms with E-state index in [9.17, 15) is 17.6 Å². The van der Waals surface area contributed by atoms with Crippen LogP contribution in [0.1, 0.15) is 17.9 Å². The van der Waals surface area contributed by atoms with E-state index in [4.69, 9.17) is 16.6 Å². The maximum absolute atomic E-state index is 15.1. The summed E-state index contributed by atoms with van der Waals surface area (Å²) < 4.78 is 73.7. The van der Waals surface area contributed by atoms with Gasteiger partial charge in [-0.2, -0.15) is 8.78 Å². The van der Waals surface area contributed by atoms with Gasteiger partial charge in [-0.05, 0) is 43.5 Å². The van der Waals surface area contributed by atoms with Crippen LogP contribution in [-0.2, 0) is 6.54 Å². The fourth-order valence-corrected chi connectivity index (χ4v) is 5.03. The summed E-state index contributed by atoms with van der Waals surface area (Å²) in [6.07, 6.45) is -2.94. The zero-order valence-corrected chi connectivity index (χ0v) is 19.3. The van der Waals surface area contributed by atoms with Gasteiger partial charge in [-0.3, -0.25) is 0 Å². The van der Waals surface area contributed by atoms with E-state index in [0.29, 0.717) is 18.2 Å². The summed E-state index contributed by atoms with van der Waals surface area (Å²) in [7, 11) is 2.03. The van der Waals surface area contributed by atoms with Gasteiger partial charge in [0.1, 0.15) is 17.5 Å². The Balaban J connectivity index is 1.40. The summed E-state index contributed by atoms with van der Waals surface area (Å²) in [6.45, 7) is 3.14. The first kappa shape index (κ1) is 23.6. The number of hydrogen-bond donors (Lipinski definition) is 0. The first-order chi connectivity index (χ1) is 16.6. The highest BCUT2D eigenvalue weighted by molar-refractivity contribution is 7.80. The van der Waals surface area contributed by atoms with E-state index in [1.54, 1.807) is 0 Å². The number of halogens is 5. The molecule has 0 amide bonds. The number of thiocarbonyl (C=S) groups is 1. The van der Waals surface area contributed by atoms with Crippen molar-refractivity contribution in [2.75, 3.05) is 38.1 Å². The van der Waals surface area contributed by atoms with Gasteiger partial charge in [0.25, 0.3) is 5.89 Å². The summed E-state index contributed by atoms with van der Waals surface area (Å²) in [5, 5.41) is 7.06. The van der Waals surface area contributed by atoms with E-state index in [1.165, 1.54) is 23.1 Å². The average Bonchev–Trinajstić information content (AvgIpc) is 3.25. The predicted octanol–water partition coefficient (Wildman–Crippen LogP) is 4.63. The second kappa shape index (κ2) is 8.83. The third-order valence-electron chi connectivity index (χ3n) is 6.22. The molecule has 0 radical (unpaired) electrons. The van der Waals surface area contributed by atoms with Crippen molar-refractivity contribution >= 4 is 23.0 Å². The second-order valence-corrected chi connectivity index (χ2v) is 9.41. The molecule has 12 heteroatoms. The number of hydrogen-bond acceptors (Lipinski definition) is 5. The minimum atomic E-state index is -2.94. The molecule has 2 saturated heterocycles. The van der Waals surface area contributed by atoms with Crippen LogP contribution in [0.4, 0.5) is 27.6 Å². The zero-order chi connectivity index (χ0) is 24.9. The lowest BCUT2D eigenvalue weighted by atomic mass is 9.73. The molecule has 0 aliphatic carbocycles. The van der Waals surface area contributed by atoms with Crippen molar-refractivity contribution in [2.24, 2.45) is 5.41 Å². The van der Waals surface area contributed by atoms with Crippen molar-refractivity contribution in [3.05, 3.63) is 65.3 Å². The quantitative estimate of drug-likeness (QED) is 0.367. The fourth-order valence-electron chi connectivity index (χ4n) is 4.74. The van der Waals surface area contributed by atoms with Crippen LogP contribution in [0, 0.1) is 22.9 Å².